The van der Waals surface area contributed by atoms with Crippen LogP contribution in [0.1, 0.15) is 30.5 Å². The number of para-hydroxylation sites is 3. The highest BCUT2D eigenvalue weighted by Crippen LogP contribution is 2.54. The number of nitrogens with zero attached hydrogens (tertiary/aromatic N) is 2. The van der Waals surface area contributed by atoms with E-state index in [0.717, 1.165) is 71.9 Å². The van der Waals surface area contributed by atoms with Crippen LogP contribution in [0.25, 0.3) is 83.0 Å². The molecule has 1 aromatic heterocycles. The van der Waals surface area contributed by atoms with Crippen molar-refractivity contribution in [2.24, 2.45) is 0 Å². The Hall–Kier alpha value is -6.13. The molecule has 1 heterocycles. The summed E-state index contributed by atoms with van der Waals surface area (Å²) in [4.78, 5) is 5.16. The van der Waals surface area contributed by atoms with E-state index in [1.165, 1.54) is 0 Å². The molecule has 1 aliphatic rings. The number of imidazole rings is 1. The van der Waals surface area contributed by atoms with Crippen LogP contribution < -0.4 is 27.3 Å². The van der Waals surface area contributed by atoms with Crippen LogP contribution in [0.2, 0.25) is 0 Å². The summed E-state index contributed by atoms with van der Waals surface area (Å²) in [5.74, 6) is 0.886. The van der Waals surface area contributed by atoms with Crippen LogP contribution in [0.3, 0.4) is 0 Å². The summed E-state index contributed by atoms with van der Waals surface area (Å²) in [5, 5.41) is 16.5. The average molecular weight is 718 g/mol. The predicted molar refractivity (Wildman–Crippen MR) is 243 cm³/mol. The normalized spacial score (nSPS) is 13.0. The summed E-state index contributed by atoms with van der Waals surface area (Å²) in [5.41, 5.74) is 11.6. The highest BCUT2D eigenvalue weighted by atomic mass is 16.3. The largest absolute Gasteiger partial charge is 0.507 e. The lowest BCUT2D eigenvalue weighted by atomic mass is 9.65. The molecule has 8 heteroatoms. The maximum absolute atomic E-state index is 12.8. The lowest BCUT2D eigenvalue weighted by Gasteiger charge is -2.29. The number of phenols is 1. The van der Waals surface area contributed by atoms with Crippen LogP contribution in [0.5, 0.6) is 5.75 Å². The molecule has 258 valence electrons. The molecule has 1 aliphatic carbocycles. The van der Waals surface area contributed by atoms with Gasteiger partial charge >= 0.3 is 0 Å². The maximum Gasteiger partial charge on any atom is 0.145 e. The quantitative estimate of drug-likeness (QED) is 0.164. The van der Waals surface area contributed by atoms with Gasteiger partial charge in [-0.05, 0) is 68.9 Å². The van der Waals surface area contributed by atoms with E-state index in [0.29, 0.717) is 49.7 Å². The number of hydrogen-bond acceptors (Lipinski definition) is 2. The van der Waals surface area contributed by atoms with Gasteiger partial charge in [-0.1, -0.05) is 150 Å². The number of fused-ring (bicyclic) bond motifs is 6. The average Bonchev–Trinajstić information content (AvgIpc) is 3.74. The van der Waals surface area contributed by atoms with E-state index >= 15 is 0 Å². The third kappa shape index (κ3) is 4.83. The van der Waals surface area contributed by atoms with Gasteiger partial charge in [0.15, 0.2) is 0 Å². The number of benzene rings is 8. The first-order valence-electron chi connectivity index (χ1n) is 19.0. The van der Waals surface area contributed by atoms with Crippen LogP contribution in [0.15, 0.2) is 127 Å². The van der Waals surface area contributed by atoms with Gasteiger partial charge in [0.05, 0.1) is 16.7 Å². The topological polar surface area (TPSA) is 38.0 Å². The fourth-order valence-electron chi connectivity index (χ4n) is 9.49. The number of aromatic hydroxyl groups is 1. The van der Waals surface area contributed by atoms with Crippen molar-refractivity contribution >= 4 is 99.1 Å². The predicted octanol–water partition coefficient (Wildman–Crippen LogP) is 6.62. The molecule has 57 heavy (non-hydrogen) atoms. The van der Waals surface area contributed by atoms with E-state index in [1.807, 2.05) is 69.3 Å². The lowest BCUT2D eigenvalue weighted by molar-refractivity contribution is 0.459. The van der Waals surface area contributed by atoms with E-state index < -0.39 is 5.41 Å². The van der Waals surface area contributed by atoms with Gasteiger partial charge in [-0.15, -0.1) is 5.46 Å². The summed E-state index contributed by atoms with van der Waals surface area (Å²) in [7, 11) is 34.3. The van der Waals surface area contributed by atoms with Gasteiger partial charge in [0.1, 0.15) is 50.8 Å². The first-order chi connectivity index (χ1) is 27.5. The van der Waals surface area contributed by atoms with E-state index in [4.69, 9.17) is 44.2 Å². The molecule has 8 aromatic carbocycles. The second-order valence-corrected chi connectivity index (χ2v) is 15.5. The Bertz CT molecular complexity index is 3130. The zero-order chi connectivity index (χ0) is 39.5. The molecule has 0 saturated carbocycles. The van der Waals surface area contributed by atoms with Gasteiger partial charge in [-0.3, -0.25) is 4.57 Å². The standard InChI is InChI=1S/C49H31B5N2O/c1-25-42(50)37-38-41(49(2,3)40(37)46(54)43(25)51)47(57)39(45(53)44(38)52)36-29-19-9-7-17-27(29)35(28-18-8-10-20-30(28)36)31-21-11-13-23-33(31)56-34-24-14-12-22-32(34)55-48(56)26-15-5-4-6-16-26/h4-24,57H,1-3H3. The van der Waals surface area contributed by atoms with Crippen molar-refractivity contribution in [3.63, 3.8) is 0 Å². The maximum atomic E-state index is 12.8. The lowest BCUT2D eigenvalue weighted by Crippen LogP contribution is -2.40. The van der Waals surface area contributed by atoms with Crippen LogP contribution in [-0.4, -0.2) is 53.9 Å². The minimum atomic E-state index is -0.806. The third-order valence-corrected chi connectivity index (χ3v) is 12.1. The van der Waals surface area contributed by atoms with Gasteiger partial charge in [0.2, 0.25) is 0 Å². The summed E-state index contributed by atoms with van der Waals surface area (Å²) in [6, 6.07) is 43.6. The Morgan fingerprint density at radius 2 is 1.04 bits per heavy atom. The van der Waals surface area contributed by atoms with Crippen molar-refractivity contribution in [2.45, 2.75) is 26.2 Å². The minimum absolute atomic E-state index is 0.0359. The number of aromatic nitrogens is 2. The molecule has 3 nitrogen and oxygen atoms in total. The monoisotopic (exact) mass is 718 g/mol. The highest BCUT2D eigenvalue weighted by molar-refractivity contribution is 6.57. The van der Waals surface area contributed by atoms with Gasteiger partial charge in [0, 0.05) is 33.2 Å². The molecule has 0 aliphatic heterocycles. The molecule has 0 fully saturated rings. The molecule has 9 aromatic rings. The highest BCUT2D eigenvalue weighted by Gasteiger charge is 2.43. The zero-order valence-electron chi connectivity index (χ0n) is 31.9. The van der Waals surface area contributed by atoms with Gasteiger partial charge < -0.3 is 5.11 Å². The summed E-state index contributed by atoms with van der Waals surface area (Å²) in [6.45, 7) is 5.87. The molecule has 10 rings (SSSR count). The molecule has 0 unspecified atom stereocenters. The second-order valence-electron chi connectivity index (χ2n) is 15.5. The fourth-order valence-corrected chi connectivity index (χ4v) is 9.49. The van der Waals surface area contributed by atoms with Gasteiger partial charge in [-0.25, -0.2) is 4.98 Å². The number of rotatable bonds is 4. The molecule has 1 N–H and O–H groups in total. The number of hydrogen-bond donors (Lipinski definition) is 1. The van der Waals surface area contributed by atoms with Crippen LogP contribution in [-0.2, 0) is 5.41 Å². The smallest absolute Gasteiger partial charge is 0.145 e. The second kappa shape index (κ2) is 12.7. The zero-order valence-corrected chi connectivity index (χ0v) is 31.9. The Morgan fingerprint density at radius 3 is 1.70 bits per heavy atom. The summed E-state index contributed by atoms with van der Waals surface area (Å²) in [6.07, 6.45) is 0. The van der Waals surface area contributed by atoms with E-state index in [2.05, 4.69) is 83.4 Å². The minimum Gasteiger partial charge on any atom is -0.507 e. The Kier molecular flexibility index (Phi) is 7.86. The first kappa shape index (κ1) is 35.3. The van der Waals surface area contributed by atoms with Crippen molar-refractivity contribution in [1.82, 2.24) is 9.55 Å². The molecular weight excluding hydrogens is 687 g/mol. The Morgan fingerprint density at radius 1 is 0.509 bits per heavy atom. The molecule has 0 atom stereocenters. The van der Waals surface area contributed by atoms with Crippen LogP contribution >= 0.6 is 0 Å². The fraction of sp³-hybridized carbons (Fsp3) is 0.0816. The van der Waals surface area contributed by atoms with Crippen molar-refractivity contribution in [2.75, 3.05) is 0 Å². The van der Waals surface area contributed by atoms with E-state index in [-0.39, 0.29) is 11.2 Å². The van der Waals surface area contributed by atoms with E-state index in [9.17, 15) is 5.11 Å². The van der Waals surface area contributed by atoms with E-state index in [1.54, 1.807) is 0 Å². The molecule has 10 radical (unpaired) electrons. The van der Waals surface area contributed by atoms with Crippen molar-refractivity contribution in [3.05, 3.63) is 144 Å². The van der Waals surface area contributed by atoms with Crippen molar-refractivity contribution in [1.29, 1.82) is 0 Å². The molecule has 0 spiro atoms. The van der Waals surface area contributed by atoms with Crippen molar-refractivity contribution in [3.8, 4) is 56.2 Å². The molecule has 0 amide bonds. The number of phenolic OH excluding ortho intramolecular Hbond substituents is 1. The molecule has 0 bridgehead atoms. The molecule has 0 saturated heterocycles. The third-order valence-electron chi connectivity index (χ3n) is 12.1. The van der Waals surface area contributed by atoms with Gasteiger partial charge in [-0.2, -0.15) is 0 Å². The summed E-state index contributed by atoms with van der Waals surface area (Å²) < 4.78 is 2.26. The molecular formula is C49H31B5N2O. The Balaban J connectivity index is 1.30. The Labute approximate surface area is 338 Å². The first-order valence-corrected chi connectivity index (χ1v) is 19.0. The van der Waals surface area contributed by atoms with Crippen molar-refractivity contribution < 1.29 is 5.11 Å². The van der Waals surface area contributed by atoms with Crippen LogP contribution in [0, 0.1) is 6.92 Å². The van der Waals surface area contributed by atoms with Crippen LogP contribution in [0.4, 0.5) is 0 Å². The summed E-state index contributed by atoms with van der Waals surface area (Å²) >= 11 is 0. The van der Waals surface area contributed by atoms with Gasteiger partial charge in [0.25, 0.3) is 0 Å². The SMILES string of the molecule is [B]c1c([B])c2c(c([B])c1C)-c1c([B])c([B])c(-c3c4ccccc4c(-c4ccccc4-n4c(-c5ccccc5)nc5ccccc54)c4ccccc34)c(O)c1C2(C)C.